The molecule has 1 unspecified atom stereocenters. The predicted octanol–water partition coefficient (Wildman–Crippen LogP) is 6.82. The van der Waals surface area contributed by atoms with Crippen LogP contribution < -0.4 is 10.2 Å². The number of ether oxygens (including phenoxy) is 2. The summed E-state index contributed by atoms with van der Waals surface area (Å²) in [6.07, 6.45) is 5.88. The van der Waals surface area contributed by atoms with E-state index in [0.717, 1.165) is 42.7 Å². The third-order valence-corrected chi connectivity index (χ3v) is 8.19. The SMILES string of the molecule is CC.COC1CCN(c2cccc3c2CCN(C(=O)c2cncc(Br)c2)C3C(=O)Nc2ccc(C(=O)OC(C)(C)C)cc2)CC1. The number of nitrogens with one attached hydrogen (secondary N) is 1. The molecule has 1 atom stereocenters. The second kappa shape index (κ2) is 15.0. The summed E-state index contributed by atoms with van der Waals surface area (Å²) in [5, 5.41) is 2.99. The monoisotopic (exact) mass is 678 g/mol. The van der Waals surface area contributed by atoms with Crippen LogP contribution in [-0.4, -0.2) is 66.1 Å². The quantitative estimate of drug-likeness (QED) is 0.286. The maximum atomic E-state index is 14.1. The fourth-order valence-corrected chi connectivity index (χ4v) is 6.08. The number of amides is 2. The molecule has 10 heteroatoms. The van der Waals surface area contributed by atoms with Crippen LogP contribution in [0.25, 0.3) is 0 Å². The Bertz CT molecular complexity index is 1500. The maximum Gasteiger partial charge on any atom is 0.338 e. The Morgan fingerprint density at radius 3 is 2.27 bits per heavy atom. The van der Waals surface area contributed by atoms with Crippen molar-refractivity contribution in [1.82, 2.24) is 9.88 Å². The summed E-state index contributed by atoms with van der Waals surface area (Å²) in [6, 6.07) is 13.4. The van der Waals surface area contributed by atoms with E-state index in [2.05, 4.69) is 37.2 Å². The molecule has 9 nitrogen and oxygen atoms in total. The van der Waals surface area contributed by atoms with Gasteiger partial charge < -0.3 is 24.6 Å². The summed E-state index contributed by atoms with van der Waals surface area (Å²) in [4.78, 5) is 48.5. The van der Waals surface area contributed by atoms with Crippen molar-refractivity contribution in [1.29, 1.82) is 0 Å². The first kappa shape index (κ1) is 34.1. The highest BCUT2D eigenvalue weighted by Crippen LogP contribution is 2.38. The van der Waals surface area contributed by atoms with E-state index in [1.807, 2.05) is 46.8 Å². The van der Waals surface area contributed by atoms with Crippen LogP contribution in [0.15, 0.2) is 65.4 Å². The number of carbonyl (C=O) groups is 3. The number of pyridine rings is 1. The number of aromatic nitrogens is 1. The molecule has 5 rings (SSSR count). The van der Waals surface area contributed by atoms with Crippen LogP contribution in [0.3, 0.4) is 0 Å². The van der Waals surface area contributed by atoms with Crippen molar-refractivity contribution >= 4 is 45.1 Å². The smallest absolute Gasteiger partial charge is 0.338 e. The molecular weight excluding hydrogens is 636 g/mol. The number of fused-ring (bicyclic) bond motifs is 1. The fourth-order valence-electron chi connectivity index (χ4n) is 5.71. The van der Waals surface area contributed by atoms with Gasteiger partial charge >= 0.3 is 5.97 Å². The van der Waals surface area contributed by atoms with E-state index >= 15 is 0 Å². The lowest BCUT2D eigenvalue weighted by molar-refractivity contribution is -0.121. The first-order chi connectivity index (χ1) is 21.5. The van der Waals surface area contributed by atoms with Crippen molar-refractivity contribution in [3.8, 4) is 0 Å². The predicted molar refractivity (Wildman–Crippen MR) is 180 cm³/mol. The van der Waals surface area contributed by atoms with Gasteiger partial charge in [0.15, 0.2) is 0 Å². The Kier molecular flexibility index (Phi) is 11.4. The highest BCUT2D eigenvalue weighted by Gasteiger charge is 2.38. The number of piperidine rings is 1. The summed E-state index contributed by atoms with van der Waals surface area (Å²) in [6.45, 7) is 11.5. The molecule has 2 aromatic carbocycles. The Labute approximate surface area is 274 Å². The Hall–Kier alpha value is -3.76. The zero-order valence-corrected chi connectivity index (χ0v) is 28.5. The topological polar surface area (TPSA) is 101 Å². The average molecular weight is 680 g/mol. The van der Waals surface area contributed by atoms with Crippen LogP contribution in [0.5, 0.6) is 0 Å². The number of benzene rings is 2. The molecule has 0 saturated carbocycles. The van der Waals surface area contributed by atoms with Crippen LogP contribution in [0.2, 0.25) is 0 Å². The zero-order chi connectivity index (χ0) is 32.7. The van der Waals surface area contributed by atoms with Gasteiger partial charge in [0.25, 0.3) is 11.8 Å². The third kappa shape index (κ3) is 8.29. The molecule has 0 spiro atoms. The molecule has 1 aromatic heterocycles. The third-order valence-electron chi connectivity index (χ3n) is 7.76. The molecule has 0 radical (unpaired) electrons. The van der Waals surface area contributed by atoms with E-state index in [1.165, 1.54) is 6.20 Å². The number of anilines is 2. The van der Waals surface area contributed by atoms with E-state index in [1.54, 1.807) is 48.5 Å². The van der Waals surface area contributed by atoms with Crippen molar-refractivity contribution in [2.45, 2.75) is 71.6 Å². The van der Waals surface area contributed by atoms with Gasteiger partial charge in [-0.25, -0.2) is 4.79 Å². The number of hydrogen-bond acceptors (Lipinski definition) is 7. The summed E-state index contributed by atoms with van der Waals surface area (Å²) < 4.78 is 11.7. The molecule has 240 valence electrons. The molecule has 2 aliphatic rings. The summed E-state index contributed by atoms with van der Waals surface area (Å²) in [5.74, 6) is -1.04. The molecule has 0 aliphatic carbocycles. The van der Waals surface area contributed by atoms with Gasteiger partial charge in [-0.15, -0.1) is 0 Å². The number of rotatable bonds is 6. The van der Waals surface area contributed by atoms with Crippen molar-refractivity contribution < 1.29 is 23.9 Å². The summed E-state index contributed by atoms with van der Waals surface area (Å²) in [5.41, 5.74) is 3.66. The average Bonchev–Trinajstić information content (AvgIpc) is 3.04. The molecule has 3 aromatic rings. The van der Waals surface area contributed by atoms with E-state index in [-0.39, 0.29) is 17.9 Å². The molecule has 2 aliphatic heterocycles. The van der Waals surface area contributed by atoms with Gasteiger partial charge in [0.05, 0.1) is 17.2 Å². The zero-order valence-electron chi connectivity index (χ0n) is 26.9. The van der Waals surface area contributed by atoms with E-state index in [4.69, 9.17) is 9.47 Å². The van der Waals surface area contributed by atoms with Crippen LogP contribution >= 0.6 is 15.9 Å². The number of esters is 1. The van der Waals surface area contributed by atoms with Gasteiger partial charge in [0.2, 0.25) is 0 Å². The van der Waals surface area contributed by atoms with Gasteiger partial charge in [-0.1, -0.05) is 26.0 Å². The molecular formula is C35H43BrN4O5. The van der Waals surface area contributed by atoms with Crippen molar-refractivity contribution in [2.75, 3.05) is 37.0 Å². The first-order valence-electron chi connectivity index (χ1n) is 15.5. The van der Waals surface area contributed by atoms with Gasteiger partial charge in [0.1, 0.15) is 11.6 Å². The first-order valence-corrected chi connectivity index (χ1v) is 16.3. The largest absolute Gasteiger partial charge is 0.456 e. The second-order valence-electron chi connectivity index (χ2n) is 11.9. The van der Waals surface area contributed by atoms with E-state index in [0.29, 0.717) is 34.3 Å². The normalized spacial score (nSPS) is 16.6. The lowest BCUT2D eigenvalue weighted by Crippen LogP contribution is -2.46. The standard InChI is InChI=1S/C33H37BrN4O5.C2H6/c1-33(2,3)43-32(41)21-8-10-24(11-9-21)36-30(39)29-27-6-5-7-28(37-15-12-25(42-4)13-16-37)26(27)14-17-38(29)31(40)22-18-23(34)20-35-19-22;1-2/h5-11,18-20,25,29H,12-17H2,1-4H3,(H,36,39);1-2H3. The highest BCUT2D eigenvalue weighted by atomic mass is 79.9. The van der Waals surface area contributed by atoms with Crippen molar-refractivity contribution in [2.24, 2.45) is 0 Å². The lowest BCUT2D eigenvalue weighted by atomic mass is 9.89. The minimum absolute atomic E-state index is 0.253. The number of methoxy groups -OCH3 is 1. The molecule has 45 heavy (non-hydrogen) atoms. The van der Waals surface area contributed by atoms with Crippen LogP contribution in [0.4, 0.5) is 11.4 Å². The van der Waals surface area contributed by atoms with E-state index < -0.39 is 17.6 Å². The minimum Gasteiger partial charge on any atom is -0.456 e. The molecule has 2 amide bonds. The van der Waals surface area contributed by atoms with Gasteiger partial charge in [0, 0.05) is 55.0 Å². The van der Waals surface area contributed by atoms with Gasteiger partial charge in [-0.3, -0.25) is 14.6 Å². The molecule has 1 fully saturated rings. The Morgan fingerprint density at radius 1 is 0.956 bits per heavy atom. The highest BCUT2D eigenvalue weighted by molar-refractivity contribution is 9.10. The lowest BCUT2D eigenvalue weighted by Gasteiger charge is -2.40. The number of hydrogen-bond donors (Lipinski definition) is 1. The van der Waals surface area contributed by atoms with Crippen molar-refractivity contribution in [3.05, 3.63) is 87.7 Å². The second-order valence-corrected chi connectivity index (χ2v) is 12.8. The molecule has 3 heterocycles. The number of nitrogens with zero attached hydrogens (tertiary/aromatic N) is 3. The van der Waals surface area contributed by atoms with Crippen LogP contribution in [0.1, 0.15) is 85.3 Å². The number of halogens is 1. The van der Waals surface area contributed by atoms with Crippen LogP contribution in [-0.2, 0) is 20.7 Å². The Balaban J connectivity index is 0.00000226. The molecule has 0 bridgehead atoms. The van der Waals surface area contributed by atoms with E-state index in [9.17, 15) is 14.4 Å². The summed E-state index contributed by atoms with van der Waals surface area (Å²) in [7, 11) is 1.76. The molecule has 1 N–H and O–H groups in total. The Morgan fingerprint density at radius 2 is 1.64 bits per heavy atom. The van der Waals surface area contributed by atoms with Gasteiger partial charge in [-0.05, 0) is 103 Å². The molecule has 1 saturated heterocycles. The minimum atomic E-state index is -0.864. The van der Waals surface area contributed by atoms with Crippen molar-refractivity contribution in [3.63, 3.8) is 0 Å². The van der Waals surface area contributed by atoms with Crippen LogP contribution in [0, 0.1) is 0 Å². The summed E-state index contributed by atoms with van der Waals surface area (Å²) >= 11 is 3.40. The number of carbonyl (C=O) groups excluding carboxylic acids is 3. The van der Waals surface area contributed by atoms with Gasteiger partial charge in [-0.2, -0.15) is 0 Å². The maximum absolute atomic E-state index is 14.1. The fraction of sp³-hybridized carbons (Fsp3) is 0.429.